The molecule has 0 aliphatic carbocycles. The van der Waals surface area contributed by atoms with E-state index in [1.807, 2.05) is 84.9 Å². The lowest BCUT2D eigenvalue weighted by molar-refractivity contribution is 0.669. The van der Waals surface area contributed by atoms with E-state index in [9.17, 15) is 0 Å². The van der Waals surface area contributed by atoms with Crippen molar-refractivity contribution in [2.45, 2.75) is 0 Å². The summed E-state index contributed by atoms with van der Waals surface area (Å²) in [6.45, 7) is 0. The molecular weight excluding hydrogens is 1390 g/mol. The van der Waals surface area contributed by atoms with Crippen molar-refractivity contribution in [3.8, 4) is 135 Å². The Kier molecular flexibility index (Phi) is 14.4. The molecule has 0 unspecified atom stereocenters. The second kappa shape index (κ2) is 25.6. The number of nitrogens with zero attached hydrogens (tertiary/aromatic N) is 6. The average molecular weight is 1450 g/mol. The summed E-state index contributed by atoms with van der Waals surface area (Å²) in [5.41, 5.74) is 25.8. The van der Waals surface area contributed by atoms with Crippen LogP contribution in [0.1, 0.15) is 0 Å². The zero-order chi connectivity index (χ0) is 74.2. The minimum Gasteiger partial charge on any atom is -0.455 e. The van der Waals surface area contributed by atoms with Gasteiger partial charge in [-0.2, -0.15) is 0 Å². The third kappa shape index (κ3) is 10.7. The zero-order valence-electron chi connectivity index (χ0n) is 60.2. The molecule has 16 aromatic carbocycles. The molecule has 0 saturated carbocycles. The number of para-hydroxylation sites is 8. The van der Waals surface area contributed by atoms with Gasteiger partial charge in [0.25, 0.3) is 0 Å². The molecule has 11 heteroatoms. The summed E-state index contributed by atoms with van der Waals surface area (Å²) < 4.78 is 33.0. The maximum absolute atomic E-state index is 6.83. The lowest BCUT2D eigenvalue weighted by Crippen LogP contribution is -2.00. The molecule has 23 aromatic rings. The third-order valence-corrected chi connectivity index (χ3v) is 22.1. The summed E-state index contributed by atoms with van der Waals surface area (Å²) in [7, 11) is 0. The van der Waals surface area contributed by atoms with Crippen molar-refractivity contribution in [3.63, 3.8) is 0 Å². The molecule has 0 fully saturated rings. The van der Waals surface area contributed by atoms with Gasteiger partial charge in [-0.3, -0.25) is 0 Å². The Morgan fingerprint density at radius 3 is 0.593 bits per heavy atom. The number of aromatic nitrogens is 6. The van der Waals surface area contributed by atoms with E-state index in [2.05, 4.69) is 267 Å². The molecule has 113 heavy (non-hydrogen) atoms. The molecule has 0 amide bonds. The summed E-state index contributed by atoms with van der Waals surface area (Å²) in [6.07, 6.45) is 0. The first-order chi connectivity index (χ1) is 55.9. The second-order valence-electron chi connectivity index (χ2n) is 28.7. The van der Waals surface area contributed by atoms with Crippen molar-refractivity contribution < 1.29 is 22.1 Å². The molecule has 7 aromatic heterocycles. The maximum Gasteiger partial charge on any atom is 0.164 e. The molecule has 0 radical (unpaired) electrons. The van der Waals surface area contributed by atoms with Crippen molar-refractivity contribution in [1.29, 1.82) is 0 Å². The monoisotopic (exact) mass is 1450 g/mol. The van der Waals surface area contributed by atoms with E-state index in [1.165, 1.54) is 0 Å². The van der Waals surface area contributed by atoms with Gasteiger partial charge in [-0.1, -0.05) is 309 Å². The molecule has 0 aliphatic heterocycles. The number of benzene rings is 16. The summed E-state index contributed by atoms with van der Waals surface area (Å²) in [6, 6.07) is 121. The van der Waals surface area contributed by atoms with Gasteiger partial charge in [0, 0.05) is 115 Å². The quantitative estimate of drug-likeness (QED) is 0.115. The Morgan fingerprint density at radius 1 is 0.133 bits per heavy atom. The van der Waals surface area contributed by atoms with Crippen LogP contribution in [0.3, 0.4) is 0 Å². The number of furan rings is 5. The topological polar surface area (TPSA) is 143 Å². The van der Waals surface area contributed by atoms with Gasteiger partial charge in [0.05, 0.1) is 0 Å². The van der Waals surface area contributed by atoms with Gasteiger partial charge in [0.15, 0.2) is 34.9 Å². The summed E-state index contributed by atoms with van der Waals surface area (Å²) in [5, 5.41) is 10.6. The zero-order valence-corrected chi connectivity index (χ0v) is 60.2. The fourth-order valence-corrected chi connectivity index (χ4v) is 16.4. The highest BCUT2D eigenvalue weighted by Crippen LogP contribution is 2.45. The Labute approximate surface area is 644 Å². The first-order valence-electron chi connectivity index (χ1n) is 37.7. The van der Waals surface area contributed by atoms with Gasteiger partial charge >= 0.3 is 0 Å². The molecule has 0 N–H and O–H groups in total. The van der Waals surface area contributed by atoms with E-state index >= 15 is 0 Å². The van der Waals surface area contributed by atoms with Gasteiger partial charge < -0.3 is 22.1 Å². The van der Waals surface area contributed by atoms with E-state index in [-0.39, 0.29) is 0 Å². The highest BCUT2D eigenvalue weighted by atomic mass is 16.3. The van der Waals surface area contributed by atoms with Gasteiger partial charge in [-0.15, -0.1) is 0 Å². The SMILES string of the molecule is c1ccc(-c2nc(-c3ccc(-c4cccc5c4oc4ccccc45)cc3)nc(-c3ccc(-c4cccc5c4oc4ccc(-c6ccc7oc8c(-c9ccc(-c%10nc(-c%11ccc(-c%12cccc%13c%12oc%12ccccc%12%13)cc%11)nc(-c%11ccc(-c%12cccc%13c%12oc%12ccccc%12%13)cc%11)n%10)cc9)cccc8c7c6)cc45)cc3)n2)cc1. The molecule has 0 spiro atoms. The molecule has 23 rings (SSSR count). The predicted octanol–water partition coefficient (Wildman–Crippen LogP) is 27.6. The van der Waals surface area contributed by atoms with Crippen molar-refractivity contribution in [3.05, 3.63) is 352 Å². The van der Waals surface area contributed by atoms with Crippen LogP contribution in [0, 0.1) is 0 Å². The van der Waals surface area contributed by atoms with E-state index < -0.39 is 0 Å². The number of hydrogen-bond donors (Lipinski definition) is 0. The Hall–Kier alpha value is -15.5. The van der Waals surface area contributed by atoms with Crippen LogP contribution in [0.25, 0.3) is 245 Å². The number of rotatable bonds is 12. The molecule has 0 bridgehead atoms. The van der Waals surface area contributed by atoms with Crippen molar-refractivity contribution in [2.75, 3.05) is 0 Å². The van der Waals surface area contributed by atoms with E-state index in [4.69, 9.17) is 52.0 Å². The lowest BCUT2D eigenvalue weighted by atomic mass is 9.98. The van der Waals surface area contributed by atoms with Crippen molar-refractivity contribution in [2.24, 2.45) is 0 Å². The highest BCUT2D eigenvalue weighted by molar-refractivity contribution is 6.15. The molecule has 0 atom stereocenters. The van der Waals surface area contributed by atoms with Crippen LogP contribution in [0.4, 0.5) is 0 Å². The number of fused-ring (bicyclic) bond motifs is 15. The second-order valence-corrected chi connectivity index (χ2v) is 28.7. The van der Waals surface area contributed by atoms with Crippen LogP contribution in [0.5, 0.6) is 0 Å². The van der Waals surface area contributed by atoms with Crippen LogP contribution in [0.15, 0.2) is 374 Å². The van der Waals surface area contributed by atoms with Crippen LogP contribution in [0.2, 0.25) is 0 Å². The molecule has 0 aliphatic rings. The molecule has 0 saturated heterocycles. The smallest absolute Gasteiger partial charge is 0.164 e. The molecule has 7 heterocycles. The molecule has 526 valence electrons. The standard InChI is InChI=1S/C102H58N6O5/c1-2-15-64(16-3-1)97-103-98(65-43-33-59(34-44-65)72-20-10-25-80-77-17-4-7-30-87(77)109-92(72)80)105-99(104-97)66-49-39-62(40-50-66)75-23-13-28-83-85-57-70(53-55-90(85)112-95(75)83)71-54-56-91-86(58-71)84-29-14-24-76(96(84)113-91)63-41-51-69(52-42-63)102-107-100(67-45-35-60(36-46-67)73-21-11-26-81-78-18-5-8-31-88(78)110-93(73)81)106-101(108-102)68-47-37-61(38-48-68)74-22-12-27-82-79-19-6-9-32-89(79)111-94(74)82/h1-58H. The van der Waals surface area contributed by atoms with Gasteiger partial charge in [0.1, 0.15) is 55.8 Å². The predicted molar refractivity (Wildman–Crippen MR) is 455 cm³/mol. The van der Waals surface area contributed by atoms with Gasteiger partial charge in [-0.05, 0) is 81.4 Å². The Bertz CT molecular complexity index is 7590. The van der Waals surface area contributed by atoms with E-state index in [0.29, 0.717) is 34.9 Å². The summed E-state index contributed by atoms with van der Waals surface area (Å²) >= 11 is 0. The van der Waals surface area contributed by atoms with Crippen LogP contribution >= 0.6 is 0 Å². The Morgan fingerprint density at radius 2 is 0.327 bits per heavy atom. The maximum atomic E-state index is 6.83. The largest absolute Gasteiger partial charge is 0.455 e. The van der Waals surface area contributed by atoms with E-state index in [1.54, 1.807) is 0 Å². The average Bonchev–Trinajstić information content (AvgIpc) is 1.63. The minimum atomic E-state index is 0.547. The van der Waals surface area contributed by atoms with Crippen LogP contribution < -0.4 is 0 Å². The van der Waals surface area contributed by atoms with Gasteiger partial charge in [0.2, 0.25) is 0 Å². The van der Waals surface area contributed by atoms with Crippen molar-refractivity contribution in [1.82, 2.24) is 29.9 Å². The van der Waals surface area contributed by atoms with Crippen LogP contribution in [-0.2, 0) is 0 Å². The third-order valence-electron chi connectivity index (χ3n) is 22.1. The normalized spacial score (nSPS) is 11.9. The van der Waals surface area contributed by atoms with E-state index in [0.717, 1.165) is 210 Å². The highest BCUT2D eigenvalue weighted by Gasteiger charge is 2.23. The fraction of sp³-hybridized carbons (Fsp3) is 0. The van der Waals surface area contributed by atoms with Crippen LogP contribution in [-0.4, -0.2) is 29.9 Å². The lowest BCUT2D eigenvalue weighted by Gasteiger charge is -2.11. The van der Waals surface area contributed by atoms with Gasteiger partial charge in [-0.25, -0.2) is 29.9 Å². The molecular formula is C102H58N6O5. The first-order valence-corrected chi connectivity index (χ1v) is 37.7. The molecule has 11 nitrogen and oxygen atoms in total. The number of hydrogen-bond acceptors (Lipinski definition) is 11. The summed E-state index contributed by atoms with van der Waals surface area (Å²) in [4.78, 5) is 30.9. The minimum absolute atomic E-state index is 0.547. The first kappa shape index (κ1) is 63.6. The van der Waals surface area contributed by atoms with Crippen molar-refractivity contribution >= 4 is 110 Å². The Balaban J connectivity index is 0.540. The fourth-order valence-electron chi connectivity index (χ4n) is 16.4. The summed E-state index contributed by atoms with van der Waals surface area (Å²) in [5.74, 6) is 3.40.